The zero-order valence-corrected chi connectivity index (χ0v) is 21.0. The predicted molar refractivity (Wildman–Crippen MR) is 135 cm³/mol. The minimum Gasteiger partial charge on any atom is -0.356 e. The summed E-state index contributed by atoms with van der Waals surface area (Å²) in [5.41, 5.74) is 7.25. The number of nitrogens with zero attached hydrogens (tertiary/aromatic N) is 5. The Morgan fingerprint density at radius 3 is 2.67 bits per heavy atom. The van der Waals surface area contributed by atoms with E-state index in [0.29, 0.717) is 28.2 Å². The molecule has 0 bridgehead atoms. The highest BCUT2D eigenvalue weighted by atomic mass is 79.9. The van der Waals surface area contributed by atoms with Crippen LogP contribution in [0, 0.1) is 0 Å². The summed E-state index contributed by atoms with van der Waals surface area (Å²) in [5.74, 6) is 0.840. The molecule has 4 N–H and O–H groups in total. The summed E-state index contributed by atoms with van der Waals surface area (Å²) in [6.07, 6.45) is 3.81. The molecule has 2 aromatic heterocycles. The quantitative estimate of drug-likeness (QED) is 0.438. The van der Waals surface area contributed by atoms with E-state index >= 15 is 0 Å². The number of halogens is 2. The van der Waals surface area contributed by atoms with E-state index in [1.54, 1.807) is 6.33 Å². The molecule has 0 radical (unpaired) electrons. The lowest BCUT2D eigenvalue weighted by Crippen LogP contribution is -2.52. The van der Waals surface area contributed by atoms with E-state index in [1.807, 2.05) is 43.0 Å². The van der Waals surface area contributed by atoms with Crippen molar-refractivity contribution in [3.63, 3.8) is 0 Å². The van der Waals surface area contributed by atoms with Crippen molar-refractivity contribution in [1.29, 1.82) is 0 Å². The maximum absolute atomic E-state index is 13.2. The monoisotopic (exact) mass is 534 g/mol. The summed E-state index contributed by atoms with van der Waals surface area (Å²) in [6, 6.07) is 7.31. The van der Waals surface area contributed by atoms with Crippen molar-refractivity contribution < 1.29 is 4.79 Å². The van der Waals surface area contributed by atoms with Crippen LogP contribution in [0.3, 0.4) is 0 Å². The number of hydrogen-bond acceptors (Lipinski definition) is 6. The van der Waals surface area contributed by atoms with E-state index in [1.165, 1.54) is 0 Å². The summed E-state index contributed by atoms with van der Waals surface area (Å²) in [5, 5.41) is 11.6. The van der Waals surface area contributed by atoms with Crippen LogP contribution in [0.15, 0.2) is 35.2 Å². The summed E-state index contributed by atoms with van der Waals surface area (Å²) in [4.78, 5) is 26.1. The van der Waals surface area contributed by atoms with Gasteiger partial charge in [0.1, 0.15) is 16.7 Å². The second kappa shape index (κ2) is 9.82. The molecule has 0 aliphatic carbocycles. The molecule has 3 aromatic rings. The lowest BCUT2D eigenvalue weighted by Gasteiger charge is -2.39. The molecule has 2 amide bonds. The first-order valence-corrected chi connectivity index (χ1v) is 12.1. The number of hydrogen-bond donors (Lipinski definition) is 3. The number of rotatable bonds is 6. The van der Waals surface area contributed by atoms with Crippen LogP contribution in [0.1, 0.15) is 33.1 Å². The Balaban J connectivity index is 1.50. The molecule has 0 unspecified atom stereocenters. The molecule has 1 aliphatic rings. The number of carbonyl (C=O) groups is 1. The van der Waals surface area contributed by atoms with Crippen LogP contribution in [0.25, 0.3) is 11.0 Å². The van der Waals surface area contributed by atoms with Crippen molar-refractivity contribution in [1.82, 2.24) is 25.5 Å². The van der Waals surface area contributed by atoms with E-state index in [0.717, 1.165) is 42.8 Å². The Kier molecular flexibility index (Phi) is 7.06. The van der Waals surface area contributed by atoms with Gasteiger partial charge in [-0.1, -0.05) is 11.6 Å². The summed E-state index contributed by atoms with van der Waals surface area (Å²) in [6.45, 7) is 5.92. The number of nitrogens with one attached hydrogen (secondary N) is 2. The fourth-order valence-corrected chi connectivity index (χ4v) is 4.64. The molecule has 0 atom stereocenters. The number of anilines is 2. The van der Waals surface area contributed by atoms with E-state index in [9.17, 15) is 4.79 Å². The number of carbonyl (C=O) groups excluding carboxylic acids is 1. The number of benzene rings is 1. The molecule has 11 heteroatoms. The average molecular weight is 536 g/mol. The molecule has 4 rings (SSSR count). The molecule has 0 spiro atoms. The Labute approximate surface area is 206 Å². The molecule has 0 saturated carbocycles. The lowest BCUT2D eigenvalue weighted by atomic mass is 10.0. The van der Waals surface area contributed by atoms with Gasteiger partial charge >= 0.3 is 6.03 Å². The van der Waals surface area contributed by atoms with Crippen LogP contribution < -0.4 is 20.9 Å². The van der Waals surface area contributed by atoms with Crippen molar-refractivity contribution in [3.8, 4) is 0 Å². The number of piperidine rings is 1. The molecular weight excluding hydrogens is 508 g/mol. The van der Waals surface area contributed by atoms with Gasteiger partial charge in [0.15, 0.2) is 5.65 Å². The summed E-state index contributed by atoms with van der Waals surface area (Å²) in [7, 11) is 0. The number of amides is 2. The molecule has 1 saturated heterocycles. The molecule has 1 fully saturated rings. The summed E-state index contributed by atoms with van der Waals surface area (Å²) >= 11 is 9.57. The van der Waals surface area contributed by atoms with Crippen LogP contribution in [0.2, 0.25) is 5.02 Å². The number of nitrogens with two attached hydrogens (primary N) is 1. The zero-order chi connectivity index (χ0) is 23.6. The maximum atomic E-state index is 13.2. The Morgan fingerprint density at radius 2 is 2.00 bits per heavy atom. The van der Waals surface area contributed by atoms with Crippen molar-refractivity contribution in [2.24, 2.45) is 5.73 Å². The smallest absolute Gasteiger partial charge is 0.322 e. The minimum atomic E-state index is -0.339. The normalized spacial score (nSPS) is 15.1. The van der Waals surface area contributed by atoms with E-state index < -0.39 is 0 Å². The van der Waals surface area contributed by atoms with Gasteiger partial charge in [0, 0.05) is 41.9 Å². The third-order valence-electron chi connectivity index (χ3n) is 5.79. The van der Waals surface area contributed by atoms with Crippen molar-refractivity contribution >= 4 is 56.1 Å². The third kappa shape index (κ3) is 5.56. The second-order valence-electron chi connectivity index (χ2n) is 8.97. The van der Waals surface area contributed by atoms with Crippen LogP contribution in [0.5, 0.6) is 0 Å². The van der Waals surface area contributed by atoms with E-state index in [4.69, 9.17) is 17.3 Å². The molecule has 9 nitrogen and oxygen atoms in total. The van der Waals surface area contributed by atoms with Gasteiger partial charge in [-0.2, -0.15) is 5.10 Å². The van der Waals surface area contributed by atoms with Gasteiger partial charge in [-0.15, -0.1) is 0 Å². The number of H-pyrrole nitrogens is 1. The standard InChI is InChI=1S/C22H28BrClN8O/c1-22(2,25)9-10-26-21(33)32(15-5-3-14(24)4-6-15)16-7-11-31(12-8-16)20-17-18(23)29-30-19(17)27-13-28-20/h3-6,13,16H,7-12,25H2,1-2H3,(H,26,33)(H,27,28,29,30). The van der Waals surface area contributed by atoms with Gasteiger partial charge in [-0.05, 0) is 73.3 Å². The highest BCUT2D eigenvalue weighted by molar-refractivity contribution is 9.10. The zero-order valence-electron chi connectivity index (χ0n) is 18.7. The number of aromatic amines is 1. The van der Waals surface area contributed by atoms with Crippen molar-refractivity contribution in [2.45, 2.75) is 44.7 Å². The van der Waals surface area contributed by atoms with Gasteiger partial charge < -0.3 is 16.0 Å². The Morgan fingerprint density at radius 1 is 1.30 bits per heavy atom. The number of urea groups is 1. The SMILES string of the molecule is CC(C)(N)CCNC(=O)N(c1ccc(Cl)cc1)C1CCN(c2ncnc3[nH]nc(Br)c23)CC1. The number of aromatic nitrogens is 4. The van der Waals surface area contributed by atoms with E-state index in [2.05, 4.69) is 46.3 Å². The first-order valence-electron chi connectivity index (χ1n) is 10.9. The summed E-state index contributed by atoms with van der Waals surface area (Å²) < 4.78 is 0.695. The van der Waals surface area contributed by atoms with Gasteiger partial charge in [0.2, 0.25) is 0 Å². The van der Waals surface area contributed by atoms with Crippen molar-refractivity contribution in [3.05, 3.63) is 40.2 Å². The molecule has 33 heavy (non-hydrogen) atoms. The van der Waals surface area contributed by atoms with Crippen LogP contribution in [-0.2, 0) is 0 Å². The second-order valence-corrected chi connectivity index (χ2v) is 10.2. The predicted octanol–water partition coefficient (Wildman–Crippen LogP) is 4.08. The Hall–Kier alpha value is -2.43. The van der Waals surface area contributed by atoms with Crippen molar-refractivity contribution in [2.75, 3.05) is 29.4 Å². The topological polar surface area (TPSA) is 116 Å². The molecular formula is C22H28BrClN8O. The fraction of sp³-hybridized carbons (Fsp3) is 0.455. The molecule has 176 valence electrons. The van der Waals surface area contributed by atoms with Gasteiger partial charge in [0.05, 0.1) is 5.39 Å². The minimum absolute atomic E-state index is 0.0402. The van der Waals surface area contributed by atoms with Gasteiger partial charge in [0.25, 0.3) is 0 Å². The van der Waals surface area contributed by atoms with Crippen LogP contribution in [-0.4, -0.2) is 57.4 Å². The first kappa shape index (κ1) is 23.7. The molecule has 1 aliphatic heterocycles. The van der Waals surface area contributed by atoms with Gasteiger partial charge in [-0.3, -0.25) is 10.00 Å². The van der Waals surface area contributed by atoms with Gasteiger partial charge in [-0.25, -0.2) is 14.8 Å². The average Bonchev–Trinajstić information content (AvgIpc) is 3.16. The lowest BCUT2D eigenvalue weighted by molar-refractivity contribution is 0.241. The third-order valence-corrected chi connectivity index (χ3v) is 6.62. The Bertz CT molecular complexity index is 1110. The van der Waals surface area contributed by atoms with Crippen LogP contribution >= 0.6 is 27.5 Å². The van der Waals surface area contributed by atoms with Crippen LogP contribution in [0.4, 0.5) is 16.3 Å². The highest BCUT2D eigenvalue weighted by Crippen LogP contribution is 2.32. The molecule has 3 heterocycles. The first-order chi connectivity index (χ1) is 15.7. The van der Waals surface area contributed by atoms with E-state index in [-0.39, 0.29) is 17.6 Å². The maximum Gasteiger partial charge on any atom is 0.322 e. The molecule has 1 aromatic carbocycles. The fourth-order valence-electron chi connectivity index (χ4n) is 4.06. The highest BCUT2D eigenvalue weighted by Gasteiger charge is 2.31. The number of fused-ring (bicyclic) bond motifs is 1. The largest absolute Gasteiger partial charge is 0.356 e.